The molecule has 0 amide bonds. The third-order valence-corrected chi connectivity index (χ3v) is 14.9. The number of fused-ring (bicyclic) bond motifs is 3. The van der Waals surface area contributed by atoms with Crippen molar-refractivity contribution >= 4 is 5.97 Å². The van der Waals surface area contributed by atoms with Crippen LogP contribution in [0.2, 0.25) is 0 Å². The van der Waals surface area contributed by atoms with Gasteiger partial charge in [0.25, 0.3) is 0 Å². The third-order valence-electron chi connectivity index (χ3n) is 14.9. The van der Waals surface area contributed by atoms with Crippen LogP contribution in [0.3, 0.4) is 0 Å². The van der Waals surface area contributed by atoms with Gasteiger partial charge in [0.05, 0.1) is 31.3 Å². The number of carbonyl (C=O) groups is 1. The summed E-state index contributed by atoms with van der Waals surface area (Å²) in [5.41, 5.74) is -0.627. The Morgan fingerprint density at radius 2 is 1.25 bits per heavy atom. The second-order valence-electron chi connectivity index (χ2n) is 17.9. The summed E-state index contributed by atoms with van der Waals surface area (Å²) in [4.78, 5) is 14.2. The van der Waals surface area contributed by atoms with E-state index in [1.54, 1.807) is 0 Å². The summed E-state index contributed by atoms with van der Waals surface area (Å²) in [7, 11) is 0. The molecule has 3 heterocycles. The molecule has 0 aromatic rings. The van der Waals surface area contributed by atoms with E-state index >= 15 is 0 Å². The highest BCUT2D eigenvalue weighted by molar-refractivity contribution is 5.77. The summed E-state index contributed by atoms with van der Waals surface area (Å²) in [5.74, 6) is -0.943. The fourth-order valence-electron chi connectivity index (χ4n) is 11.9. The first-order valence-electron chi connectivity index (χ1n) is 19.9. The van der Waals surface area contributed by atoms with Gasteiger partial charge in [0, 0.05) is 5.92 Å². The van der Waals surface area contributed by atoms with Crippen LogP contribution in [0.25, 0.3) is 0 Å². The van der Waals surface area contributed by atoms with Crippen LogP contribution in [-0.2, 0) is 33.2 Å². The minimum absolute atomic E-state index is 0.00788. The number of aliphatic hydroxyl groups excluding tert-OH is 11. The maximum Gasteiger partial charge on any atom is 0.314 e. The Morgan fingerprint density at radius 1 is 0.696 bits per heavy atom. The van der Waals surface area contributed by atoms with Gasteiger partial charge >= 0.3 is 5.97 Å². The lowest BCUT2D eigenvalue weighted by atomic mass is 9.41. The van der Waals surface area contributed by atoms with Crippen molar-refractivity contribution in [3.05, 3.63) is 12.2 Å². The van der Waals surface area contributed by atoms with Crippen LogP contribution in [-0.4, -0.2) is 180 Å². The number of carbonyl (C=O) groups excluding carboxylic acids is 1. The van der Waals surface area contributed by atoms with Gasteiger partial charge in [-0.1, -0.05) is 25.5 Å². The number of ether oxygens (including phenoxy) is 6. The van der Waals surface area contributed by atoms with Crippen LogP contribution in [0.15, 0.2) is 12.2 Å². The molecule has 18 heteroatoms. The number of hydrogen-bond donors (Lipinski definition) is 11. The topological polar surface area (TPSA) is 295 Å². The fraction of sp³-hybridized carbons (Fsp3) is 0.921. The molecule has 18 unspecified atom stereocenters. The number of hydrogen-bond acceptors (Lipinski definition) is 18. The minimum atomic E-state index is -1.81. The molecular weight excluding hydrogens is 744 g/mol. The van der Waals surface area contributed by atoms with E-state index in [1.807, 2.05) is 6.92 Å². The molecule has 7 fully saturated rings. The molecule has 0 aromatic heterocycles. The minimum Gasteiger partial charge on any atom is -0.432 e. The van der Waals surface area contributed by atoms with E-state index in [0.717, 1.165) is 31.3 Å². The van der Waals surface area contributed by atoms with E-state index in [4.69, 9.17) is 28.4 Å². The van der Waals surface area contributed by atoms with Gasteiger partial charge in [0.1, 0.15) is 73.2 Å². The Bertz CT molecular complexity index is 1430. The molecule has 0 aromatic carbocycles. The Morgan fingerprint density at radius 3 is 1.86 bits per heavy atom. The Kier molecular flexibility index (Phi) is 12.1. The fourth-order valence-corrected chi connectivity index (χ4v) is 11.9. The Hall–Kier alpha value is -1.43. The summed E-state index contributed by atoms with van der Waals surface area (Å²) < 4.78 is 35.5. The van der Waals surface area contributed by atoms with Crippen LogP contribution in [0, 0.1) is 34.0 Å². The van der Waals surface area contributed by atoms with Crippen molar-refractivity contribution in [1.29, 1.82) is 0 Å². The summed E-state index contributed by atoms with van der Waals surface area (Å²) >= 11 is 0. The summed E-state index contributed by atoms with van der Waals surface area (Å²) in [5, 5.41) is 114. The van der Waals surface area contributed by atoms with Crippen molar-refractivity contribution < 1.29 is 89.4 Å². The van der Waals surface area contributed by atoms with Crippen LogP contribution in [0.4, 0.5) is 0 Å². The molecule has 4 saturated carbocycles. The van der Waals surface area contributed by atoms with Gasteiger partial charge in [-0.25, -0.2) is 0 Å². The first-order valence-corrected chi connectivity index (χ1v) is 19.9. The van der Waals surface area contributed by atoms with E-state index in [9.17, 15) is 61.0 Å². The summed E-state index contributed by atoms with van der Waals surface area (Å²) in [6.45, 7) is 6.43. The highest BCUT2D eigenvalue weighted by atomic mass is 16.8. The van der Waals surface area contributed by atoms with Crippen molar-refractivity contribution in [2.24, 2.45) is 34.0 Å². The van der Waals surface area contributed by atoms with Gasteiger partial charge in [-0.3, -0.25) is 4.79 Å². The molecule has 1 spiro atoms. The lowest BCUT2D eigenvalue weighted by molar-refractivity contribution is -0.374. The predicted octanol–water partition coefficient (Wildman–Crippen LogP) is -3.08. The SMILES string of the molecule is C=C1C[C@@]23CCC4[C@](C)(C(=O)OC5OC(CO)C(O)C(O)C5O)CCC[C@@]4(C)[C@@H]2CC(OC2OC(CO)C(O)C(O)C2OC2OC(CO)C(O)C(O)C2O)C1C3. The van der Waals surface area contributed by atoms with Crippen molar-refractivity contribution in [2.75, 3.05) is 19.8 Å². The monoisotopic (exact) mass is 804 g/mol. The molecule has 7 rings (SSSR count). The molecular formula is C38H60O18. The van der Waals surface area contributed by atoms with E-state index in [-0.39, 0.29) is 23.2 Å². The molecule has 3 aliphatic heterocycles. The lowest BCUT2D eigenvalue weighted by Crippen LogP contribution is -2.65. The maximum atomic E-state index is 14.2. The molecule has 0 radical (unpaired) electrons. The van der Waals surface area contributed by atoms with Crippen molar-refractivity contribution in [2.45, 2.75) is 163 Å². The van der Waals surface area contributed by atoms with Crippen molar-refractivity contribution in [3.63, 3.8) is 0 Å². The Labute approximate surface area is 324 Å². The molecule has 22 atom stereocenters. The van der Waals surface area contributed by atoms with E-state index in [0.29, 0.717) is 25.7 Å². The first-order chi connectivity index (χ1) is 26.4. The van der Waals surface area contributed by atoms with Gasteiger partial charge in [-0.2, -0.15) is 0 Å². The molecule has 4 aliphatic carbocycles. The van der Waals surface area contributed by atoms with Crippen LogP contribution in [0.5, 0.6) is 0 Å². The van der Waals surface area contributed by atoms with Gasteiger partial charge in [-0.05, 0) is 74.5 Å². The van der Waals surface area contributed by atoms with Gasteiger partial charge in [-0.15, -0.1) is 0 Å². The average Bonchev–Trinajstić information content (AvgIpc) is 3.44. The first kappa shape index (κ1) is 42.7. The molecule has 11 N–H and O–H groups in total. The van der Waals surface area contributed by atoms with Crippen molar-refractivity contribution in [3.8, 4) is 0 Å². The average molecular weight is 805 g/mol. The zero-order valence-electron chi connectivity index (χ0n) is 31.7. The summed E-state index contributed by atoms with van der Waals surface area (Å²) in [6, 6.07) is 0. The molecule has 3 saturated heterocycles. The molecule has 320 valence electrons. The molecule has 56 heavy (non-hydrogen) atoms. The predicted molar refractivity (Wildman–Crippen MR) is 186 cm³/mol. The molecule has 18 nitrogen and oxygen atoms in total. The third kappa shape index (κ3) is 6.88. The van der Waals surface area contributed by atoms with E-state index in [2.05, 4.69) is 13.5 Å². The lowest BCUT2D eigenvalue weighted by Gasteiger charge is -2.64. The van der Waals surface area contributed by atoms with Crippen LogP contribution in [0.1, 0.15) is 65.2 Å². The Balaban J connectivity index is 1.13. The van der Waals surface area contributed by atoms with E-state index in [1.165, 1.54) is 0 Å². The maximum absolute atomic E-state index is 14.2. The smallest absolute Gasteiger partial charge is 0.314 e. The van der Waals surface area contributed by atoms with Gasteiger partial charge < -0.3 is 84.6 Å². The van der Waals surface area contributed by atoms with Crippen LogP contribution >= 0.6 is 0 Å². The van der Waals surface area contributed by atoms with E-state index < -0.39 is 135 Å². The molecule has 2 bridgehead atoms. The summed E-state index contributed by atoms with van der Waals surface area (Å²) in [6.07, 6.45) is -18.9. The second-order valence-corrected chi connectivity index (χ2v) is 17.9. The highest BCUT2D eigenvalue weighted by Gasteiger charge is 2.68. The van der Waals surface area contributed by atoms with Crippen LogP contribution < -0.4 is 0 Å². The largest absolute Gasteiger partial charge is 0.432 e. The second kappa shape index (κ2) is 15.9. The number of esters is 1. The zero-order valence-corrected chi connectivity index (χ0v) is 31.7. The molecule has 7 aliphatic rings. The quantitative estimate of drug-likeness (QED) is 0.0626. The standard InChI is InChI=1S/C38H60O18/c1-15-10-38-8-5-21-36(2,6-4-7-37(21,3)35(50)56-33-30(49)27(46)24(43)19(13-40)53-33)22(38)9-17(16(15)11-38)51-34-31(28(47)25(44)20(14-41)54-34)55-32-29(48)26(45)23(42)18(12-39)52-32/h16-34,39-49H,1,4-14H2,2-3H3/t16?,17?,18?,19?,20?,21?,22-,23?,24?,25?,26?,27?,28?,29?,30?,31?,32?,33?,34?,36+,37+,38+/m0/s1. The van der Waals surface area contributed by atoms with Gasteiger partial charge in [0.15, 0.2) is 12.6 Å². The normalized spacial score (nSPS) is 54.6. The number of aliphatic hydroxyl groups is 11. The zero-order chi connectivity index (χ0) is 40.6. The van der Waals surface area contributed by atoms with Crippen molar-refractivity contribution in [1.82, 2.24) is 0 Å². The highest BCUT2D eigenvalue weighted by Crippen LogP contribution is 2.72. The van der Waals surface area contributed by atoms with Gasteiger partial charge in [0.2, 0.25) is 6.29 Å². The number of rotatable bonds is 9.